The summed E-state index contributed by atoms with van der Waals surface area (Å²) in [4.78, 5) is 0. The van der Waals surface area contributed by atoms with Crippen LogP contribution < -0.4 is 15.2 Å². The van der Waals surface area contributed by atoms with Crippen molar-refractivity contribution >= 4 is 15.9 Å². The van der Waals surface area contributed by atoms with Gasteiger partial charge in [0, 0.05) is 23.5 Å². The fourth-order valence-electron chi connectivity index (χ4n) is 2.72. The summed E-state index contributed by atoms with van der Waals surface area (Å²) in [7, 11) is 0. The van der Waals surface area contributed by atoms with Crippen LogP contribution in [-0.4, -0.2) is 25.9 Å². The molecule has 0 radical (unpaired) electrons. The van der Waals surface area contributed by atoms with Crippen LogP contribution in [0.25, 0.3) is 0 Å². The standard InChI is InChI=1S/C15H20BrNO3/c16-12-9-15-14(19-5-2-6-20-15)8-11(12)13(17)7-10-3-1-4-18-10/h8-10,13H,1-7,17H2. The summed E-state index contributed by atoms with van der Waals surface area (Å²) in [6.45, 7) is 2.25. The second-order valence-corrected chi connectivity index (χ2v) is 6.20. The number of hydrogen-bond donors (Lipinski definition) is 1. The molecule has 1 saturated heterocycles. The SMILES string of the molecule is NC(CC1CCCO1)c1cc2c(cc1Br)OCCCO2. The lowest BCUT2D eigenvalue weighted by Crippen LogP contribution is -2.18. The van der Waals surface area contributed by atoms with E-state index in [1.165, 1.54) is 0 Å². The molecule has 5 heteroatoms. The van der Waals surface area contributed by atoms with Crippen LogP contribution in [0.15, 0.2) is 16.6 Å². The molecule has 4 nitrogen and oxygen atoms in total. The first kappa shape index (κ1) is 14.2. The second-order valence-electron chi connectivity index (χ2n) is 5.35. The Morgan fingerprint density at radius 2 is 1.90 bits per heavy atom. The molecule has 0 bridgehead atoms. The molecule has 1 aromatic carbocycles. The zero-order valence-electron chi connectivity index (χ0n) is 11.4. The van der Waals surface area contributed by atoms with Crippen LogP contribution >= 0.6 is 15.9 Å². The summed E-state index contributed by atoms with van der Waals surface area (Å²) >= 11 is 3.59. The van der Waals surface area contributed by atoms with Gasteiger partial charge in [0.1, 0.15) is 0 Å². The highest BCUT2D eigenvalue weighted by Gasteiger charge is 2.23. The summed E-state index contributed by atoms with van der Waals surface area (Å²) in [6.07, 6.45) is 4.28. The van der Waals surface area contributed by atoms with E-state index in [1.54, 1.807) is 0 Å². The Kier molecular flexibility index (Phi) is 4.48. The maximum atomic E-state index is 6.34. The number of benzene rings is 1. The predicted octanol–water partition coefficient (Wildman–Crippen LogP) is 3.18. The van der Waals surface area contributed by atoms with Crippen molar-refractivity contribution < 1.29 is 14.2 Å². The van der Waals surface area contributed by atoms with Crippen LogP contribution in [-0.2, 0) is 4.74 Å². The van der Waals surface area contributed by atoms with Crippen molar-refractivity contribution in [3.05, 3.63) is 22.2 Å². The van der Waals surface area contributed by atoms with Crippen molar-refractivity contribution in [2.24, 2.45) is 5.73 Å². The van der Waals surface area contributed by atoms with E-state index in [1.807, 2.05) is 12.1 Å². The van der Waals surface area contributed by atoms with E-state index >= 15 is 0 Å². The van der Waals surface area contributed by atoms with Gasteiger partial charge >= 0.3 is 0 Å². The van der Waals surface area contributed by atoms with Crippen molar-refractivity contribution in [3.8, 4) is 11.5 Å². The van der Waals surface area contributed by atoms with Crippen molar-refractivity contribution in [2.45, 2.75) is 37.8 Å². The molecule has 2 atom stereocenters. The third kappa shape index (κ3) is 3.10. The molecule has 1 aromatic rings. The highest BCUT2D eigenvalue weighted by molar-refractivity contribution is 9.10. The molecule has 110 valence electrons. The van der Waals surface area contributed by atoms with E-state index in [-0.39, 0.29) is 12.1 Å². The second kappa shape index (κ2) is 6.33. The Bertz CT molecular complexity index is 474. The number of ether oxygens (including phenoxy) is 3. The molecule has 1 fully saturated rings. The lowest BCUT2D eigenvalue weighted by molar-refractivity contribution is 0.0982. The Balaban J connectivity index is 1.79. The maximum absolute atomic E-state index is 6.34. The fraction of sp³-hybridized carbons (Fsp3) is 0.600. The third-order valence-corrected chi connectivity index (χ3v) is 4.49. The van der Waals surface area contributed by atoms with Gasteiger partial charge in [-0.1, -0.05) is 15.9 Å². The monoisotopic (exact) mass is 341 g/mol. The fourth-order valence-corrected chi connectivity index (χ4v) is 3.34. The van der Waals surface area contributed by atoms with Crippen LogP contribution in [0.5, 0.6) is 11.5 Å². The van der Waals surface area contributed by atoms with Crippen molar-refractivity contribution in [3.63, 3.8) is 0 Å². The van der Waals surface area contributed by atoms with Crippen LogP contribution in [0.2, 0.25) is 0 Å². The third-order valence-electron chi connectivity index (χ3n) is 3.81. The van der Waals surface area contributed by atoms with E-state index in [0.29, 0.717) is 13.2 Å². The minimum atomic E-state index is -0.0513. The lowest BCUT2D eigenvalue weighted by Gasteiger charge is -2.19. The number of halogens is 1. The minimum absolute atomic E-state index is 0.0513. The maximum Gasteiger partial charge on any atom is 0.162 e. The number of hydrogen-bond acceptors (Lipinski definition) is 4. The number of nitrogens with two attached hydrogens (primary N) is 1. The Labute approximate surface area is 127 Å². The zero-order valence-corrected chi connectivity index (χ0v) is 13.0. The molecular formula is C15H20BrNO3. The van der Waals surface area contributed by atoms with Gasteiger partial charge in [0.05, 0.1) is 19.3 Å². The highest BCUT2D eigenvalue weighted by atomic mass is 79.9. The molecule has 2 unspecified atom stereocenters. The highest BCUT2D eigenvalue weighted by Crippen LogP contribution is 2.38. The van der Waals surface area contributed by atoms with Crippen LogP contribution in [0.4, 0.5) is 0 Å². The van der Waals surface area contributed by atoms with Crippen molar-refractivity contribution in [2.75, 3.05) is 19.8 Å². The molecule has 2 aliphatic rings. The Hall–Kier alpha value is -0.780. The molecule has 0 aromatic heterocycles. The first-order chi connectivity index (χ1) is 9.74. The van der Waals surface area contributed by atoms with E-state index < -0.39 is 0 Å². The van der Waals surface area contributed by atoms with E-state index in [9.17, 15) is 0 Å². The summed E-state index contributed by atoms with van der Waals surface area (Å²) in [5.74, 6) is 1.59. The van der Waals surface area contributed by atoms with Crippen molar-refractivity contribution in [1.82, 2.24) is 0 Å². The van der Waals surface area contributed by atoms with Crippen LogP contribution in [0, 0.1) is 0 Å². The molecule has 0 spiro atoms. The molecule has 3 rings (SSSR count). The number of rotatable bonds is 3. The van der Waals surface area contributed by atoms with Gasteiger partial charge in [-0.2, -0.15) is 0 Å². The minimum Gasteiger partial charge on any atom is -0.490 e. The molecule has 0 saturated carbocycles. The average Bonchev–Trinajstić information content (AvgIpc) is 2.82. The van der Waals surface area contributed by atoms with Gasteiger partial charge in [0.2, 0.25) is 0 Å². The van der Waals surface area contributed by atoms with Crippen LogP contribution in [0.3, 0.4) is 0 Å². The Morgan fingerprint density at radius 1 is 1.15 bits per heavy atom. The van der Waals surface area contributed by atoms with Gasteiger partial charge in [-0.05, 0) is 37.0 Å². The molecule has 20 heavy (non-hydrogen) atoms. The normalized spacial score (nSPS) is 23.4. The quantitative estimate of drug-likeness (QED) is 0.917. The average molecular weight is 342 g/mol. The van der Waals surface area contributed by atoms with Gasteiger partial charge in [-0.25, -0.2) is 0 Å². The first-order valence-corrected chi connectivity index (χ1v) is 7.99. The molecule has 2 N–H and O–H groups in total. The largest absolute Gasteiger partial charge is 0.490 e. The summed E-state index contributed by atoms with van der Waals surface area (Å²) in [6, 6.07) is 3.92. The summed E-state index contributed by atoms with van der Waals surface area (Å²) < 4.78 is 18.1. The molecular weight excluding hydrogens is 322 g/mol. The molecule has 0 amide bonds. The van der Waals surface area contributed by atoms with Crippen LogP contribution in [0.1, 0.15) is 37.3 Å². The number of fused-ring (bicyclic) bond motifs is 1. The van der Waals surface area contributed by atoms with Gasteiger partial charge in [0.15, 0.2) is 11.5 Å². The van der Waals surface area contributed by atoms with E-state index in [2.05, 4.69) is 15.9 Å². The summed E-state index contributed by atoms with van der Waals surface area (Å²) in [5.41, 5.74) is 7.40. The van der Waals surface area contributed by atoms with Gasteiger partial charge in [-0.3, -0.25) is 0 Å². The van der Waals surface area contributed by atoms with E-state index in [4.69, 9.17) is 19.9 Å². The van der Waals surface area contributed by atoms with Gasteiger partial charge < -0.3 is 19.9 Å². The van der Waals surface area contributed by atoms with Gasteiger partial charge in [-0.15, -0.1) is 0 Å². The zero-order chi connectivity index (χ0) is 13.9. The van der Waals surface area contributed by atoms with Crippen molar-refractivity contribution in [1.29, 1.82) is 0 Å². The summed E-state index contributed by atoms with van der Waals surface area (Å²) in [5, 5.41) is 0. The lowest BCUT2D eigenvalue weighted by atomic mass is 9.99. The topological polar surface area (TPSA) is 53.7 Å². The molecule has 2 aliphatic heterocycles. The van der Waals surface area contributed by atoms with E-state index in [0.717, 1.165) is 53.8 Å². The molecule has 0 aliphatic carbocycles. The predicted molar refractivity (Wildman–Crippen MR) is 80.3 cm³/mol. The Morgan fingerprint density at radius 3 is 2.60 bits per heavy atom. The molecule has 2 heterocycles. The van der Waals surface area contributed by atoms with Gasteiger partial charge in [0.25, 0.3) is 0 Å². The first-order valence-electron chi connectivity index (χ1n) is 7.20. The smallest absolute Gasteiger partial charge is 0.162 e.